The molecule has 0 N–H and O–H groups in total. The third-order valence-corrected chi connectivity index (χ3v) is 3.97. The van der Waals surface area contributed by atoms with E-state index in [1.54, 1.807) is 12.4 Å². The van der Waals surface area contributed by atoms with Gasteiger partial charge in [-0.1, -0.05) is 30.3 Å². The van der Waals surface area contributed by atoms with Gasteiger partial charge in [0.25, 0.3) is 0 Å². The van der Waals surface area contributed by atoms with E-state index in [0.29, 0.717) is 10.7 Å². The third-order valence-electron chi connectivity index (χ3n) is 3.03. The molecule has 3 rings (SSSR count). The van der Waals surface area contributed by atoms with Crippen LogP contribution in [0.5, 0.6) is 0 Å². The van der Waals surface area contributed by atoms with Crippen molar-refractivity contribution in [3.8, 4) is 11.4 Å². The van der Waals surface area contributed by atoms with E-state index in [2.05, 4.69) is 19.7 Å². The molecule has 0 bridgehead atoms. The van der Waals surface area contributed by atoms with Crippen LogP contribution < -0.4 is 0 Å². The lowest BCUT2D eigenvalue weighted by atomic mass is 10.2. The molecule has 0 radical (unpaired) electrons. The zero-order valence-electron chi connectivity index (χ0n) is 12.3. The Balaban J connectivity index is 1.73. The standard InChI is InChI=1S/C17H13N3O2S/c1-22-17(21)14-11-18-15(23-14)8-7-12-9-19-16(20-10-12)13-5-3-2-4-6-13/h2-11H,1H3/b8-7+. The number of aromatic nitrogens is 3. The highest BCUT2D eigenvalue weighted by Gasteiger charge is 2.08. The number of methoxy groups -OCH3 is 1. The molecular weight excluding hydrogens is 310 g/mol. The summed E-state index contributed by atoms with van der Waals surface area (Å²) in [4.78, 5) is 24.7. The summed E-state index contributed by atoms with van der Waals surface area (Å²) in [6, 6.07) is 9.79. The zero-order valence-corrected chi connectivity index (χ0v) is 13.2. The number of thiazole rings is 1. The smallest absolute Gasteiger partial charge is 0.349 e. The first-order valence-electron chi connectivity index (χ1n) is 6.86. The van der Waals surface area contributed by atoms with Crippen LogP contribution in [0.3, 0.4) is 0 Å². The Morgan fingerprint density at radius 2 is 1.78 bits per heavy atom. The van der Waals surface area contributed by atoms with E-state index < -0.39 is 0 Å². The van der Waals surface area contributed by atoms with E-state index in [4.69, 9.17) is 0 Å². The molecule has 2 aromatic heterocycles. The maximum absolute atomic E-state index is 11.4. The quantitative estimate of drug-likeness (QED) is 0.687. The predicted octanol–water partition coefficient (Wildman–Crippen LogP) is 3.56. The minimum absolute atomic E-state index is 0.377. The van der Waals surface area contributed by atoms with Gasteiger partial charge in [0.2, 0.25) is 0 Å². The van der Waals surface area contributed by atoms with Gasteiger partial charge in [0.1, 0.15) is 9.88 Å². The summed E-state index contributed by atoms with van der Waals surface area (Å²) < 4.78 is 4.65. The number of nitrogens with zero attached hydrogens (tertiary/aromatic N) is 3. The molecule has 0 unspecified atom stereocenters. The van der Waals surface area contributed by atoms with Crippen molar-refractivity contribution in [3.05, 3.63) is 64.4 Å². The summed E-state index contributed by atoms with van der Waals surface area (Å²) in [6.45, 7) is 0. The second kappa shape index (κ2) is 6.93. The van der Waals surface area contributed by atoms with Gasteiger partial charge in [-0.05, 0) is 12.2 Å². The van der Waals surface area contributed by atoms with Crippen molar-refractivity contribution in [2.45, 2.75) is 0 Å². The maximum Gasteiger partial charge on any atom is 0.349 e. The van der Waals surface area contributed by atoms with Crippen molar-refractivity contribution < 1.29 is 9.53 Å². The first-order chi connectivity index (χ1) is 11.3. The van der Waals surface area contributed by atoms with Crippen LogP contribution in [-0.2, 0) is 4.74 Å². The van der Waals surface area contributed by atoms with Gasteiger partial charge in [-0.25, -0.2) is 19.7 Å². The molecule has 0 atom stereocenters. The highest BCUT2D eigenvalue weighted by molar-refractivity contribution is 7.14. The monoisotopic (exact) mass is 323 g/mol. The normalized spacial score (nSPS) is 10.8. The molecule has 0 aliphatic rings. The molecule has 0 aliphatic carbocycles. The predicted molar refractivity (Wildman–Crippen MR) is 89.8 cm³/mol. The van der Waals surface area contributed by atoms with Gasteiger partial charge in [0.05, 0.1) is 13.3 Å². The lowest BCUT2D eigenvalue weighted by molar-refractivity contribution is 0.0606. The van der Waals surface area contributed by atoms with E-state index in [9.17, 15) is 4.79 Å². The summed E-state index contributed by atoms with van der Waals surface area (Å²) in [5.41, 5.74) is 1.84. The van der Waals surface area contributed by atoms with Gasteiger partial charge in [-0.3, -0.25) is 0 Å². The van der Waals surface area contributed by atoms with Crippen LogP contribution in [0.4, 0.5) is 0 Å². The highest BCUT2D eigenvalue weighted by Crippen LogP contribution is 2.17. The molecular formula is C17H13N3O2S. The Morgan fingerprint density at radius 3 is 2.48 bits per heavy atom. The molecule has 1 aromatic carbocycles. The Labute approximate surface area is 137 Å². The van der Waals surface area contributed by atoms with Gasteiger partial charge in [-0.15, -0.1) is 11.3 Å². The van der Waals surface area contributed by atoms with Gasteiger partial charge >= 0.3 is 5.97 Å². The topological polar surface area (TPSA) is 65.0 Å². The number of esters is 1. The molecule has 0 fully saturated rings. The summed E-state index contributed by atoms with van der Waals surface area (Å²) in [5.74, 6) is 0.308. The van der Waals surface area contributed by atoms with Crippen molar-refractivity contribution in [1.29, 1.82) is 0 Å². The number of benzene rings is 1. The minimum atomic E-state index is -0.377. The van der Waals surface area contributed by atoms with Crippen LogP contribution >= 0.6 is 11.3 Å². The van der Waals surface area contributed by atoms with E-state index >= 15 is 0 Å². The van der Waals surface area contributed by atoms with Crippen LogP contribution in [0.2, 0.25) is 0 Å². The second-order valence-electron chi connectivity index (χ2n) is 4.59. The van der Waals surface area contributed by atoms with Crippen LogP contribution in [0.1, 0.15) is 20.2 Å². The van der Waals surface area contributed by atoms with Crippen LogP contribution in [0, 0.1) is 0 Å². The van der Waals surface area contributed by atoms with Gasteiger partial charge in [0.15, 0.2) is 5.82 Å². The molecule has 0 aliphatic heterocycles. The number of ether oxygens (including phenoxy) is 1. The minimum Gasteiger partial charge on any atom is -0.465 e. The van der Waals surface area contributed by atoms with Crippen molar-refractivity contribution in [2.24, 2.45) is 0 Å². The van der Waals surface area contributed by atoms with Crippen LogP contribution in [-0.4, -0.2) is 28.0 Å². The lowest BCUT2D eigenvalue weighted by Gasteiger charge is -1.99. The third kappa shape index (κ3) is 3.67. The number of carbonyl (C=O) groups is 1. The molecule has 3 aromatic rings. The second-order valence-corrected chi connectivity index (χ2v) is 5.66. The summed E-state index contributed by atoms with van der Waals surface area (Å²) >= 11 is 1.27. The maximum atomic E-state index is 11.4. The molecule has 0 amide bonds. The van der Waals surface area contributed by atoms with E-state index in [-0.39, 0.29) is 5.97 Å². The van der Waals surface area contributed by atoms with Gasteiger partial charge in [-0.2, -0.15) is 0 Å². The number of hydrogen-bond acceptors (Lipinski definition) is 6. The van der Waals surface area contributed by atoms with Gasteiger partial charge in [0, 0.05) is 23.5 Å². The Morgan fingerprint density at radius 1 is 1.04 bits per heavy atom. The van der Waals surface area contributed by atoms with Crippen molar-refractivity contribution in [3.63, 3.8) is 0 Å². The van der Waals surface area contributed by atoms with E-state index in [0.717, 1.165) is 16.1 Å². The average Bonchev–Trinajstić information content (AvgIpc) is 3.09. The molecule has 0 spiro atoms. The summed E-state index contributed by atoms with van der Waals surface area (Å²) in [5, 5.41) is 0.720. The Hall–Kier alpha value is -2.86. The first kappa shape index (κ1) is 15.1. The number of rotatable bonds is 4. The first-order valence-corrected chi connectivity index (χ1v) is 7.67. The average molecular weight is 323 g/mol. The summed E-state index contributed by atoms with van der Waals surface area (Å²) in [7, 11) is 1.35. The Bertz CT molecular complexity index is 827. The lowest BCUT2D eigenvalue weighted by Crippen LogP contribution is -1.96. The van der Waals surface area contributed by atoms with E-state index in [1.165, 1.54) is 24.6 Å². The fourth-order valence-electron chi connectivity index (χ4n) is 1.89. The van der Waals surface area contributed by atoms with Crippen LogP contribution in [0.25, 0.3) is 23.5 Å². The largest absolute Gasteiger partial charge is 0.465 e. The number of carbonyl (C=O) groups excluding carboxylic acids is 1. The molecule has 114 valence electrons. The molecule has 23 heavy (non-hydrogen) atoms. The molecule has 6 heteroatoms. The van der Waals surface area contributed by atoms with Crippen LogP contribution in [0.15, 0.2) is 48.9 Å². The van der Waals surface area contributed by atoms with Crippen molar-refractivity contribution in [1.82, 2.24) is 15.0 Å². The van der Waals surface area contributed by atoms with Crippen molar-refractivity contribution in [2.75, 3.05) is 7.11 Å². The fraction of sp³-hybridized carbons (Fsp3) is 0.0588. The highest BCUT2D eigenvalue weighted by atomic mass is 32.1. The van der Waals surface area contributed by atoms with E-state index in [1.807, 2.05) is 42.5 Å². The SMILES string of the molecule is COC(=O)c1cnc(/C=C/c2cnc(-c3ccccc3)nc2)s1. The molecule has 0 saturated heterocycles. The molecule has 2 heterocycles. The fourth-order valence-corrected chi connectivity index (χ4v) is 2.63. The number of hydrogen-bond donors (Lipinski definition) is 0. The van der Waals surface area contributed by atoms with Crippen molar-refractivity contribution >= 4 is 29.5 Å². The molecule has 0 saturated carbocycles. The van der Waals surface area contributed by atoms with Gasteiger partial charge < -0.3 is 4.74 Å². The zero-order chi connectivity index (χ0) is 16.1. The summed E-state index contributed by atoms with van der Waals surface area (Å²) in [6.07, 6.45) is 8.68. The molecule has 5 nitrogen and oxygen atoms in total. The Kier molecular flexibility index (Phi) is 4.54.